The zero-order valence-corrected chi connectivity index (χ0v) is 12.6. The van der Waals surface area contributed by atoms with Crippen LogP contribution in [0.2, 0.25) is 0 Å². The summed E-state index contributed by atoms with van der Waals surface area (Å²) in [7, 11) is 0. The quantitative estimate of drug-likeness (QED) is 0.735. The Morgan fingerprint density at radius 1 is 1.33 bits per heavy atom. The van der Waals surface area contributed by atoms with E-state index in [9.17, 15) is 0 Å². The van der Waals surface area contributed by atoms with Crippen molar-refractivity contribution < 1.29 is 4.74 Å². The van der Waals surface area contributed by atoms with Crippen LogP contribution in [0, 0.1) is 0 Å². The molecule has 2 nitrogen and oxygen atoms in total. The predicted molar refractivity (Wildman–Crippen MR) is 78.7 cm³/mol. The van der Waals surface area contributed by atoms with E-state index in [0.29, 0.717) is 12.7 Å². The first-order valence-electron chi connectivity index (χ1n) is 6.83. The van der Waals surface area contributed by atoms with Gasteiger partial charge in [0.25, 0.3) is 0 Å². The van der Waals surface area contributed by atoms with Gasteiger partial charge < -0.3 is 10.1 Å². The molecule has 0 aromatic heterocycles. The van der Waals surface area contributed by atoms with Crippen LogP contribution in [0.4, 0.5) is 0 Å². The van der Waals surface area contributed by atoms with Gasteiger partial charge in [-0.15, -0.1) is 0 Å². The Balaban J connectivity index is 1.55. The summed E-state index contributed by atoms with van der Waals surface area (Å²) in [4.78, 5) is 0. The van der Waals surface area contributed by atoms with Gasteiger partial charge in [0.05, 0.1) is 12.7 Å². The Labute approximate surface area is 118 Å². The van der Waals surface area contributed by atoms with Crippen molar-refractivity contribution in [3.8, 4) is 0 Å². The van der Waals surface area contributed by atoms with Gasteiger partial charge in [0.1, 0.15) is 0 Å². The number of benzene rings is 1. The minimum atomic E-state index is 0.342. The average Bonchev–Trinajstić information content (AvgIpc) is 3.18. The summed E-state index contributed by atoms with van der Waals surface area (Å²) in [5.74, 6) is 0. The lowest BCUT2D eigenvalue weighted by atomic mass is 10.2. The van der Waals surface area contributed by atoms with E-state index in [0.717, 1.165) is 23.5 Å². The van der Waals surface area contributed by atoms with Crippen molar-refractivity contribution in [1.29, 1.82) is 0 Å². The van der Waals surface area contributed by atoms with Crippen LogP contribution in [0.15, 0.2) is 28.7 Å². The van der Waals surface area contributed by atoms with Gasteiger partial charge in [-0.05, 0) is 56.8 Å². The molecule has 2 rings (SSSR count). The number of hydrogen-bond donors (Lipinski definition) is 1. The topological polar surface area (TPSA) is 21.3 Å². The zero-order chi connectivity index (χ0) is 12.8. The first-order chi connectivity index (χ1) is 8.74. The highest BCUT2D eigenvalue weighted by Crippen LogP contribution is 2.18. The number of rotatable bonds is 8. The molecule has 1 aromatic rings. The van der Waals surface area contributed by atoms with Crippen LogP contribution in [0.5, 0.6) is 0 Å². The predicted octanol–water partition coefficient (Wildman–Crippen LogP) is 3.89. The van der Waals surface area contributed by atoms with Crippen molar-refractivity contribution in [2.24, 2.45) is 0 Å². The molecule has 1 unspecified atom stereocenters. The largest absolute Gasteiger partial charge is 0.374 e. The van der Waals surface area contributed by atoms with E-state index >= 15 is 0 Å². The third-order valence-electron chi connectivity index (χ3n) is 3.25. The number of halogens is 1. The van der Waals surface area contributed by atoms with Crippen LogP contribution in [-0.4, -0.2) is 18.7 Å². The highest BCUT2D eigenvalue weighted by molar-refractivity contribution is 9.10. The summed E-state index contributed by atoms with van der Waals surface area (Å²) < 4.78 is 6.96. The van der Waals surface area contributed by atoms with Gasteiger partial charge in [-0.3, -0.25) is 0 Å². The molecule has 1 saturated carbocycles. The van der Waals surface area contributed by atoms with Crippen LogP contribution in [-0.2, 0) is 11.3 Å². The second kappa shape index (κ2) is 7.27. The maximum atomic E-state index is 5.85. The van der Waals surface area contributed by atoms with E-state index in [-0.39, 0.29) is 0 Å². The third-order valence-corrected chi connectivity index (χ3v) is 3.77. The van der Waals surface area contributed by atoms with Crippen molar-refractivity contribution in [3.63, 3.8) is 0 Å². The minimum Gasteiger partial charge on any atom is -0.374 e. The fraction of sp³-hybridized carbons (Fsp3) is 0.600. The summed E-state index contributed by atoms with van der Waals surface area (Å²) in [5.41, 5.74) is 1.24. The smallest absolute Gasteiger partial charge is 0.0720 e. The van der Waals surface area contributed by atoms with E-state index in [1.54, 1.807) is 0 Å². The molecular weight excluding hydrogens is 290 g/mol. The number of nitrogens with one attached hydrogen (secondary N) is 1. The van der Waals surface area contributed by atoms with Crippen LogP contribution in [0.1, 0.15) is 38.2 Å². The molecule has 18 heavy (non-hydrogen) atoms. The Morgan fingerprint density at radius 2 is 2.06 bits per heavy atom. The third kappa shape index (κ3) is 5.51. The van der Waals surface area contributed by atoms with E-state index in [1.807, 2.05) is 0 Å². The monoisotopic (exact) mass is 311 g/mol. The maximum absolute atomic E-state index is 5.85. The maximum Gasteiger partial charge on any atom is 0.0720 e. The van der Waals surface area contributed by atoms with Gasteiger partial charge in [0.2, 0.25) is 0 Å². The molecule has 0 amide bonds. The van der Waals surface area contributed by atoms with E-state index in [2.05, 4.69) is 52.4 Å². The molecule has 1 atom stereocenters. The lowest BCUT2D eigenvalue weighted by Crippen LogP contribution is -2.19. The Bertz CT molecular complexity index is 348. The molecule has 1 aliphatic carbocycles. The SMILES string of the molecule is CC(CCCNC1CC1)OCc1ccc(Br)cc1. The molecule has 100 valence electrons. The van der Waals surface area contributed by atoms with Gasteiger partial charge >= 0.3 is 0 Å². The van der Waals surface area contributed by atoms with Gasteiger partial charge in [0, 0.05) is 10.5 Å². The molecule has 0 spiro atoms. The van der Waals surface area contributed by atoms with Crippen molar-refractivity contribution >= 4 is 15.9 Å². The van der Waals surface area contributed by atoms with Crippen LogP contribution >= 0.6 is 15.9 Å². The highest BCUT2D eigenvalue weighted by Gasteiger charge is 2.19. The summed E-state index contributed by atoms with van der Waals surface area (Å²) in [6.45, 7) is 4.01. The molecule has 0 heterocycles. The molecule has 0 radical (unpaired) electrons. The second-order valence-corrected chi connectivity index (χ2v) is 6.03. The van der Waals surface area contributed by atoms with Gasteiger partial charge in [-0.1, -0.05) is 28.1 Å². The summed E-state index contributed by atoms with van der Waals surface area (Å²) in [6.07, 6.45) is 5.43. The Hall–Kier alpha value is -0.380. The van der Waals surface area contributed by atoms with Gasteiger partial charge in [-0.25, -0.2) is 0 Å². The Kier molecular flexibility index (Phi) is 5.67. The number of hydrogen-bond acceptors (Lipinski definition) is 2. The van der Waals surface area contributed by atoms with Crippen molar-refractivity contribution in [2.75, 3.05) is 6.54 Å². The summed E-state index contributed by atoms with van der Waals surface area (Å²) in [5, 5.41) is 3.53. The average molecular weight is 312 g/mol. The van der Waals surface area contributed by atoms with Crippen molar-refractivity contribution in [1.82, 2.24) is 5.32 Å². The lowest BCUT2D eigenvalue weighted by Gasteiger charge is -2.13. The molecule has 1 fully saturated rings. The first-order valence-corrected chi connectivity index (χ1v) is 7.63. The van der Waals surface area contributed by atoms with E-state index in [4.69, 9.17) is 4.74 Å². The Morgan fingerprint density at radius 3 is 2.72 bits per heavy atom. The molecular formula is C15H22BrNO. The highest BCUT2D eigenvalue weighted by atomic mass is 79.9. The van der Waals surface area contributed by atoms with Gasteiger partial charge in [0.15, 0.2) is 0 Å². The first kappa shape index (κ1) is 14.0. The minimum absolute atomic E-state index is 0.342. The molecule has 0 saturated heterocycles. The number of ether oxygens (including phenoxy) is 1. The molecule has 0 aliphatic heterocycles. The van der Waals surface area contributed by atoms with Crippen molar-refractivity contribution in [3.05, 3.63) is 34.3 Å². The standard InChI is InChI=1S/C15H22BrNO/c1-12(3-2-10-17-15-8-9-15)18-11-13-4-6-14(16)7-5-13/h4-7,12,15,17H,2-3,8-11H2,1H3. The normalized spacial score (nSPS) is 16.8. The second-order valence-electron chi connectivity index (χ2n) is 5.12. The fourth-order valence-electron chi connectivity index (χ4n) is 1.89. The summed E-state index contributed by atoms with van der Waals surface area (Å²) in [6, 6.07) is 9.15. The van der Waals surface area contributed by atoms with Crippen molar-refractivity contribution in [2.45, 2.75) is 51.4 Å². The molecule has 3 heteroatoms. The lowest BCUT2D eigenvalue weighted by molar-refractivity contribution is 0.0463. The molecule has 1 aromatic carbocycles. The van der Waals surface area contributed by atoms with Crippen LogP contribution in [0.25, 0.3) is 0 Å². The van der Waals surface area contributed by atoms with E-state index < -0.39 is 0 Å². The molecule has 0 bridgehead atoms. The fourth-order valence-corrected chi connectivity index (χ4v) is 2.15. The molecule has 1 N–H and O–H groups in total. The van der Waals surface area contributed by atoms with Crippen LogP contribution in [0.3, 0.4) is 0 Å². The summed E-state index contributed by atoms with van der Waals surface area (Å²) >= 11 is 3.44. The zero-order valence-electron chi connectivity index (χ0n) is 11.0. The van der Waals surface area contributed by atoms with E-state index in [1.165, 1.54) is 24.8 Å². The van der Waals surface area contributed by atoms with Crippen LogP contribution < -0.4 is 5.32 Å². The van der Waals surface area contributed by atoms with Gasteiger partial charge in [-0.2, -0.15) is 0 Å². The molecule has 1 aliphatic rings.